The van der Waals surface area contributed by atoms with Crippen LogP contribution in [0.3, 0.4) is 0 Å². The molecule has 1 amide bonds. The Morgan fingerprint density at radius 3 is 2.88 bits per heavy atom. The summed E-state index contributed by atoms with van der Waals surface area (Å²) < 4.78 is 0. The van der Waals surface area contributed by atoms with Crippen molar-refractivity contribution in [1.29, 1.82) is 0 Å². The summed E-state index contributed by atoms with van der Waals surface area (Å²) in [4.78, 5) is 29.1. The van der Waals surface area contributed by atoms with E-state index in [-0.39, 0.29) is 5.92 Å². The van der Waals surface area contributed by atoms with Crippen LogP contribution >= 0.6 is 0 Å². The van der Waals surface area contributed by atoms with Crippen molar-refractivity contribution in [3.8, 4) is 0 Å². The monoisotopic (exact) mass is 325 g/mol. The highest BCUT2D eigenvalue weighted by Gasteiger charge is 2.31. The van der Waals surface area contributed by atoms with Gasteiger partial charge in [-0.2, -0.15) is 0 Å². The molecular weight excluding hydrogens is 302 g/mol. The van der Waals surface area contributed by atoms with Crippen molar-refractivity contribution in [1.82, 2.24) is 24.8 Å². The highest BCUT2D eigenvalue weighted by atomic mass is 16.2. The third kappa shape index (κ3) is 3.19. The zero-order valence-corrected chi connectivity index (χ0v) is 13.8. The molecule has 4 rings (SSSR count). The first-order chi connectivity index (χ1) is 11.8. The van der Waals surface area contributed by atoms with Crippen molar-refractivity contribution in [3.05, 3.63) is 47.8 Å². The smallest absolute Gasteiger partial charge is 0.226 e. The van der Waals surface area contributed by atoms with Crippen molar-refractivity contribution < 1.29 is 4.79 Å². The van der Waals surface area contributed by atoms with Gasteiger partial charge in [-0.25, -0.2) is 4.98 Å². The van der Waals surface area contributed by atoms with E-state index < -0.39 is 0 Å². The lowest BCUT2D eigenvalue weighted by Crippen LogP contribution is -2.50. The Bertz CT molecular complexity index is 690. The molecule has 1 saturated heterocycles. The molecule has 0 saturated carbocycles. The van der Waals surface area contributed by atoms with Crippen LogP contribution in [0, 0.1) is 5.92 Å². The second-order valence-corrected chi connectivity index (χ2v) is 6.69. The minimum absolute atomic E-state index is 0.111. The normalized spacial score (nSPS) is 21.5. The quantitative estimate of drug-likeness (QED) is 0.922. The van der Waals surface area contributed by atoms with Crippen LogP contribution in [-0.2, 0) is 24.2 Å². The minimum atomic E-state index is 0.111. The number of H-pyrrole nitrogens is 1. The third-order valence-corrected chi connectivity index (χ3v) is 5.13. The topological polar surface area (TPSA) is 65.1 Å². The maximum absolute atomic E-state index is 12.8. The van der Waals surface area contributed by atoms with Gasteiger partial charge in [0.2, 0.25) is 5.91 Å². The molecule has 2 aromatic heterocycles. The fourth-order valence-electron chi connectivity index (χ4n) is 3.72. The zero-order chi connectivity index (χ0) is 16.4. The van der Waals surface area contributed by atoms with E-state index in [2.05, 4.69) is 25.9 Å². The molecule has 6 nitrogen and oxygen atoms in total. The van der Waals surface area contributed by atoms with Gasteiger partial charge in [-0.05, 0) is 25.0 Å². The third-order valence-electron chi connectivity index (χ3n) is 5.13. The predicted octanol–water partition coefficient (Wildman–Crippen LogP) is 1.25. The first-order valence-electron chi connectivity index (χ1n) is 8.72. The molecule has 0 spiro atoms. The van der Waals surface area contributed by atoms with Crippen LogP contribution in [0.15, 0.2) is 30.7 Å². The molecule has 0 bridgehead atoms. The summed E-state index contributed by atoms with van der Waals surface area (Å²) in [6.45, 7) is 4.34. The number of fused-ring (bicyclic) bond motifs is 1. The van der Waals surface area contributed by atoms with Crippen LogP contribution in [0.5, 0.6) is 0 Å². The number of carbonyl (C=O) groups excluding carboxylic acids is 1. The van der Waals surface area contributed by atoms with E-state index in [4.69, 9.17) is 0 Å². The fourth-order valence-corrected chi connectivity index (χ4v) is 3.72. The summed E-state index contributed by atoms with van der Waals surface area (Å²) in [5.41, 5.74) is 3.38. The predicted molar refractivity (Wildman–Crippen MR) is 90.2 cm³/mol. The van der Waals surface area contributed by atoms with Gasteiger partial charge in [0.05, 0.1) is 17.7 Å². The number of carbonyl (C=O) groups is 1. The highest BCUT2D eigenvalue weighted by molar-refractivity contribution is 5.79. The Morgan fingerprint density at radius 1 is 1.21 bits per heavy atom. The van der Waals surface area contributed by atoms with Crippen LogP contribution in [0.4, 0.5) is 0 Å². The summed E-state index contributed by atoms with van der Waals surface area (Å²) in [7, 11) is 0. The molecule has 0 aromatic carbocycles. The molecular formula is C18H23N5O. The van der Waals surface area contributed by atoms with Gasteiger partial charge in [-0.15, -0.1) is 0 Å². The maximum Gasteiger partial charge on any atom is 0.226 e. The molecule has 1 aliphatic carbocycles. The number of imidazole rings is 1. The summed E-state index contributed by atoms with van der Waals surface area (Å²) in [5, 5.41) is 0. The average molecular weight is 325 g/mol. The van der Waals surface area contributed by atoms with E-state index in [1.165, 1.54) is 0 Å². The van der Waals surface area contributed by atoms with Crippen molar-refractivity contribution >= 4 is 5.91 Å². The zero-order valence-electron chi connectivity index (χ0n) is 13.8. The average Bonchev–Trinajstić information content (AvgIpc) is 3.10. The number of hydrogen-bond donors (Lipinski definition) is 1. The molecule has 126 valence electrons. The van der Waals surface area contributed by atoms with Crippen molar-refractivity contribution in [3.63, 3.8) is 0 Å². The first-order valence-corrected chi connectivity index (χ1v) is 8.72. The Hall–Kier alpha value is -2.21. The van der Waals surface area contributed by atoms with Gasteiger partial charge in [0.15, 0.2) is 0 Å². The largest absolute Gasteiger partial charge is 0.348 e. The van der Waals surface area contributed by atoms with Gasteiger partial charge in [0, 0.05) is 57.0 Å². The molecule has 1 aliphatic heterocycles. The van der Waals surface area contributed by atoms with Crippen LogP contribution in [-0.4, -0.2) is 56.8 Å². The van der Waals surface area contributed by atoms with E-state index >= 15 is 0 Å². The molecule has 2 aromatic rings. The molecule has 6 heteroatoms. The number of aromatic nitrogens is 3. The van der Waals surface area contributed by atoms with E-state index in [9.17, 15) is 4.79 Å². The lowest BCUT2D eigenvalue weighted by molar-refractivity contribution is -0.137. The van der Waals surface area contributed by atoms with E-state index in [1.54, 1.807) is 6.33 Å². The number of amides is 1. The van der Waals surface area contributed by atoms with Crippen LogP contribution in [0.2, 0.25) is 0 Å². The standard InChI is InChI=1S/C18H23N5O/c24-18(14-4-5-16-17(11-14)21-13-20-16)23-9-7-22(8-10-23)12-15-3-1-2-6-19-15/h1-3,6,13-14H,4-5,7-12H2,(H,20,21). The van der Waals surface area contributed by atoms with Crippen molar-refractivity contribution in [2.45, 2.75) is 25.8 Å². The minimum Gasteiger partial charge on any atom is -0.348 e. The molecule has 24 heavy (non-hydrogen) atoms. The maximum atomic E-state index is 12.8. The molecule has 1 fully saturated rings. The lowest BCUT2D eigenvalue weighted by Gasteiger charge is -2.36. The number of aryl methyl sites for hydroxylation is 1. The molecule has 0 radical (unpaired) electrons. The molecule has 1 N–H and O–H groups in total. The number of aromatic amines is 1. The summed E-state index contributed by atoms with van der Waals surface area (Å²) in [5.74, 6) is 0.424. The second kappa shape index (κ2) is 6.73. The Morgan fingerprint density at radius 2 is 2.08 bits per heavy atom. The van der Waals surface area contributed by atoms with Gasteiger partial charge in [0.1, 0.15) is 0 Å². The van der Waals surface area contributed by atoms with Crippen LogP contribution in [0.1, 0.15) is 23.5 Å². The Kier molecular flexibility index (Phi) is 4.30. The summed E-state index contributed by atoms with van der Waals surface area (Å²) >= 11 is 0. The first kappa shape index (κ1) is 15.3. The summed E-state index contributed by atoms with van der Waals surface area (Å²) in [6, 6.07) is 6.02. The second-order valence-electron chi connectivity index (χ2n) is 6.69. The van der Waals surface area contributed by atoms with E-state index in [1.807, 2.05) is 23.2 Å². The van der Waals surface area contributed by atoms with Crippen LogP contribution < -0.4 is 0 Å². The number of pyridine rings is 1. The molecule has 1 atom stereocenters. The number of nitrogens with zero attached hydrogens (tertiary/aromatic N) is 4. The fraction of sp³-hybridized carbons (Fsp3) is 0.500. The van der Waals surface area contributed by atoms with E-state index in [0.29, 0.717) is 5.91 Å². The molecule has 2 aliphatic rings. The number of nitrogens with one attached hydrogen (secondary N) is 1. The molecule has 3 heterocycles. The highest BCUT2D eigenvalue weighted by Crippen LogP contribution is 2.25. The van der Waals surface area contributed by atoms with E-state index in [0.717, 1.165) is 69.1 Å². The summed E-state index contributed by atoms with van der Waals surface area (Å²) in [6.07, 6.45) is 6.22. The number of piperazine rings is 1. The van der Waals surface area contributed by atoms with Gasteiger partial charge in [-0.3, -0.25) is 14.7 Å². The van der Waals surface area contributed by atoms with Crippen molar-refractivity contribution in [2.75, 3.05) is 26.2 Å². The van der Waals surface area contributed by atoms with Crippen LogP contribution in [0.25, 0.3) is 0 Å². The Balaban J connectivity index is 1.30. The van der Waals surface area contributed by atoms with Gasteiger partial charge < -0.3 is 9.88 Å². The Labute approximate surface area is 141 Å². The van der Waals surface area contributed by atoms with Crippen molar-refractivity contribution in [2.24, 2.45) is 5.92 Å². The number of rotatable bonds is 3. The SMILES string of the molecule is O=C(C1CCc2nc[nH]c2C1)N1CCN(Cc2ccccn2)CC1. The van der Waals surface area contributed by atoms with Gasteiger partial charge >= 0.3 is 0 Å². The van der Waals surface area contributed by atoms with Gasteiger partial charge in [0.25, 0.3) is 0 Å². The van der Waals surface area contributed by atoms with Gasteiger partial charge in [-0.1, -0.05) is 6.07 Å². The number of hydrogen-bond acceptors (Lipinski definition) is 4. The lowest BCUT2D eigenvalue weighted by atomic mass is 9.88. The molecule has 1 unspecified atom stereocenters.